The standard InChI is InChI=1S/C14H22FNO4/c1-5-19-12(17)11-8-6-9(15)10(7-8)16(11)13(18)20-14(2,3)4/h8-11H,5-7H2,1-4H3/t8?,9-,10?,11+/m1/s1. The van der Waals surface area contributed by atoms with Crippen LogP contribution in [0, 0.1) is 5.92 Å². The Morgan fingerprint density at radius 3 is 2.50 bits per heavy atom. The molecule has 0 spiro atoms. The molecule has 1 saturated heterocycles. The maximum Gasteiger partial charge on any atom is 0.411 e. The Hall–Kier alpha value is -1.33. The zero-order valence-electron chi connectivity index (χ0n) is 12.4. The van der Waals surface area contributed by atoms with E-state index in [4.69, 9.17) is 9.47 Å². The second-order valence-corrected chi connectivity index (χ2v) is 6.40. The van der Waals surface area contributed by atoms with Crippen molar-refractivity contribution in [1.29, 1.82) is 0 Å². The van der Waals surface area contributed by atoms with E-state index in [-0.39, 0.29) is 12.5 Å². The van der Waals surface area contributed by atoms with Crippen molar-refractivity contribution in [2.24, 2.45) is 5.92 Å². The highest BCUT2D eigenvalue weighted by Crippen LogP contribution is 2.45. The average molecular weight is 287 g/mol. The van der Waals surface area contributed by atoms with Crippen molar-refractivity contribution in [3.05, 3.63) is 0 Å². The van der Waals surface area contributed by atoms with E-state index in [1.54, 1.807) is 27.7 Å². The molecule has 2 bridgehead atoms. The summed E-state index contributed by atoms with van der Waals surface area (Å²) >= 11 is 0. The van der Waals surface area contributed by atoms with E-state index in [0.717, 1.165) is 0 Å². The number of esters is 1. The van der Waals surface area contributed by atoms with Crippen LogP contribution in [0.25, 0.3) is 0 Å². The summed E-state index contributed by atoms with van der Waals surface area (Å²) in [5.41, 5.74) is -0.677. The van der Waals surface area contributed by atoms with Gasteiger partial charge in [-0.15, -0.1) is 0 Å². The first-order valence-electron chi connectivity index (χ1n) is 7.06. The van der Waals surface area contributed by atoms with Crippen LogP contribution in [0.15, 0.2) is 0 Å². The molecule has 0 aromatic heterocycles. The highest BCUT2D eigenvalue weighted by atomic mass is 19.1. The van der Waals surface area contributed by atoms with Crippen LogP contribution in [0.4, 0.5) is 9.18 Å². The molecule has 0 aromatic carbocycles. The molecule has 2 aliphatic rings. The average Bonchev–Trinajstić information content (AvgIpc) is 2.82. The van der Waals surface area contributed by atoms with Gasteiger partial charge < -0.3 is 9.47 Å². The molecule has 1 saturated carbocycles. The number of hydrogen-bond donors (Lipinski definition) is 0. The number of fused-ring (bicyclic) bond motifs is 2. The Balaban J connectivity index is 2.18. The summed E-state index contributed by atoms with van der Waals surface area (Å²) in [6.07, 6.45) is -0.902. The molecule has 1 heterocycles. The predicted molar refractivity (Wildman–Crippen MR) is 69.9 cm³/mol. The molecule has 20 heavy (non-hydrogen) atoms. The number of rotatable bonds is 2. The first kappa shape index (κ1) is 15.1. The van der Waals surface area contributed by atoms with Crippen molar-refractivity contribution < 1.29 is 23.5 Å². The van der Waals surface area contributed by atoms with Gasteiger partial charge in [-0.05, 0) is 46.5 Å². The smallest absolute Gasteiger partial charge is 0.411 e. The lowest BCUT2D eigenvalue weighted by Gasteiger charge is -2.36. The minimum Gasteiger partial charge on any atom is -0.464 e. The first-order chi connectivity index (χ1) is 9.24. The van der Waals surface area contributed by atoms with Gasteiger partial charge in [-0.25, -0.2) is 14.0 Å². The Morgan fingerprint density at radius 2 is 1.95 bits per heavy atom. The molecule has 0 radical (unpaired) electrons. The number of amides is 1. The molecule has 2 fully saturated rings. The number of ether oxygens (including phenoxy) is 2. The third-order valence-corrected chi connectivity index (χ3v) is 3.73. The lowest BCUT2D eigenvalue weighted by Crippen LogP contribution is -2.54. The third-order valence-electron chi connectivity index (χ3n) is 3.73. The van der Waals surface area contributed by atoms with Crippen molar-refractivity contribution in [1.82, 2.24) is 4.90 Å². The number of piperidine rings is 1. The van der Waals surface area contributed by atoms with Gasteiger partial charge in [0.15, 0.2) is 0 Å². The van der Waals surface area contributed by atoms with Crippen molar-refractivity contribution in [2.75, 3.05) is 6.61 Å². The van der Waals surface area contributed by atoms with Gasteiger partial charge in [-0.1, -0.05) is 0 Å². The summed E-state index contributed by atoms with van der Waals surface area (Å²) in [5, 5.41) is 0. The SMILES string of the molecule is CCOC(=O)[C@@H]1C2CC([C@H](F)C2)N1C(=O)OC(C)(C)C. The number of carbonyl (C=O) groups excluding carboxylic acids is 2. The van der Waals surface area contributed by atoms with Crippen molar-refractivity contribution in [3.63, 3.8) is 0 Å². The fourth-order valence-electron chi connectivity index (χ4n) is 3.08. The Morgan fingerprint density at radius 1 is 1.30 bits per heavy atom. The van der Waals surface area contributed by atoms with Crippen molar-refractivity contribution in [3.8, 4) is 0 Å². The number of alkyl halides is 1. The zero-order valence-corrected chi connectivity index (χ0v) is 12.4. The summed E-state index contributed by atoms with van der Waals surface area (Å²) in [4.78, 5) is 25.5. The molecule has 2 unspecified atom stereocenters. The normalized spacial score (nSPS) is 32.4. The zero-order chi connectivity index (χ0) is 15.1. The molecule has 114 valence electrons. The Bertz CT molecular complexity index is 406. The van der Waals surface area contributed by atoms with Crippen LogP contribution in [0.1, 0.15) is 40.5 Å². The Labute approximate surface area is 118 Å². The minimum absolute atomic E-state index is 0.165. The Kier molecular flexibility index (Phi) is 3.93. The van der Waals surface area contributed by atoms with E-state index in [2.05, 4.69) is 0 Å². The van der Waals surface area contributed by atoms with E-state index >= 15 is 0 Å². The summed E-state index contributed by atoms with van der Waals surface area (Å²) in [7, 11) is 0. The highest BCUT2D eigenvalue weighted by Gasteiger charge is 2.57. The van der Waals surface area contributed by atoms with Crippen LogP contribution < -0.4 is 0 Å². The van der Waals surface area contributed by atoms with Gasteiger partial charge in [0.05, 0.1) is 12.6 Å². The van der Waals surface area contributed by atoms with Gasteiger partial charge in [0, 0.05) is 0 Å². The van der Waals surface area contributed by atoms with Crippen LogP contribution >= 0.6 is 0 Å². The number of halogens is 1. The molecule has 2 rings (SSSR count). The van der Waals surface area contributed by atoms with Gasteiger partial charge in [0.25, 0.3) is 0 Å². The minimum atomic E-state index is -1.09. The lowest BCUT2D eigenvalue weighted by atomic mass is 9.98. The lowest BCUT2D eigenvalue weighted by molar-refractivity contribution is -0.151. The van der Waals surface area contributed by atoms with Crippen molar-refractivity contribution in [2.45, 2.75) is 64.4 Å². The fraction of sp³-hybridized carbons (Fsp3) is 0.857. The molecule has 0 N–H and O–H groups in total. The number of likely N-dealkylation sites (tertiary alicyclic amines) is 1. The molecule has 6 heteroatoms. The topological polar surface area (TPSA) is 55.8 Å². The molecule has 1 aliphatic heterocycles. The van der Waals surface area contributed by atoms with Gasteiger partial charge in [0.1, 0.15) is 17.8 Å². The number of hydrogen-bond acceptors (Lipinski definition) is 4. The summed E-state index contributed by atoms with van der Waals surface area (Å²) < 4.78 is 24.2. The van der Waals surface area contributed by atoms with Crippen LogP contribution in [0.2, 0.25) is 0 Å². The van der Waals surface area contributed by atoms with Gasteiger partial charge in [-0.2, -0.15) is 0 Å². The molecular weight excluding hydrogens is 265 g/mol. The molecule has 5 nitrogen and oxygen atoms in total. The quantitative estimate of drug-likeness (QED) is 0.731. The second-order valence-electron chi connectivity index (χ2n) is 6.40. The molecule has 1 aliphatic carbocycles. The largest absolute Gasteiger partial charge is 0.464 e. The molecule has 1 amide bonds. The fourth-order valence-corrected chi connectivity index (χ4v) is 3.08. The van der Waals surface area contributed by atoms with Crippen LogP contribution in [0.5, 0.6) is 0 Å². The van der Waals surface area contributed by atoms with Gasteiger partial charge in [-0.3, -0.25) is 4.90 Å². The summed E-state index contributed by atoms with van der Waals surface area (Å²) in [6.45, 7) is 7.18. The summed E-state index contributed by atoms with van der Waals surface area (Å²) in [6, 6.07) is -1.27. The molecular formula is C14H22FNO4. The summed E-state index contributed by atoms with van der Waals surface area (Å²) in [5.74, 6) is -0.626. The molecule has 0 aromatic rings. The van der Waals surface area contributed by atoms with E-state index in [1.807, 2.05) is 0 Å². The van der Waals surface area contributed by atoms with Crippen LogP contribution in [-0.2, 0) is 14.3 Å². The molecule has 4 atom stereocenters. The van der Waals surface area contributed by atoms with Gasteiger partial charge in [0.2, 0.25) is 0 Å². The third kappa shape index (κ3) is 2.74. The maximum absolute atomic E-state index is 13.9. The first-order valence-corrected chi connectivity index (χ1v) is 7.06. The predicted octanol–water partition coefficient (Wildman–Crippen LogP) is 2.29. The number of carbonyl (C=O) groups is 2. The maximum atomic E-state index is 13.9. The van der Waals surface area contributed by atoms with E-state index in [0.29, 0.717) is 12.8 Å². The monoisotopic (exact) mass is 287 g/mol. The van der Waals surface area contributed by atoms with Gasteiger partial charge >= 0.3 is 12.1 Å². The highest BCUT2D eigenvalue weighted by molar-refractivity contribution is 5.83. The number of nitrogens with zero attached hydrogens (tertiary/aromatic N) is 1. The van der Waals surface area contributed by atoms with Crippen LogP contribution in [0.3, 0.4) is 0 Å². The van der Waals surface area contributed by atoms with E-state index in [9.17, 15) is 14.0 Å². The van der Waals surface area contributed by atoms with Crippen LogP contribution in [-0.4, -0.2) is 47.4 Å². The van der Waals surface area contributed by atoms with E-state index in [1.165, 1.54) is 4.90 Å². The van der Waals surface area contributed by atoms with E-state index < -0.39 is 35.9 Å². The second kappa shape index (κ2) is 5.22. The van der Waals surface area contributed by atoms with Crippen molar-refractivity contribution >= 4 is 12.1 Å².